The molecule has 1 aromatic carbocycles. The molecule has 0 atom stereocenters. The number of esters is 1. The molecular formula is C17H15FO2S. The quantitative estimate of drug-likeness (QED) is 0.768. The zero-order chi connectivity index (χ0) is 15.0. The summed E-state index contributed by atoms with van der Waals surface area (Å²) < 4.78 is 18.6. The van der Waals surface area contributed by atoms with Crippen LogP contribution in [0.5, 0.6) is 0 Å². The van der Waals surface area contributed by atoms with Crippen molar-refractivity contribution in [1.29, 1.82) is 0 Å². The molecule has 1 saturated heterocycles. The second kappa shape index (κ2) is 5.11. The van der Waals surface area contributed by atoms with Gasteiger partial charge in [0.2, 0.25) is 0 Å². The zero-order valence-electron chi connectivity index (χ0n) is 11.9. The average molecular weight is 302 g/mol. The van der Waals surface area contributed by atoms with Gasteiger partial charge in [0, 0.05) is 10.5 Å². The Balaban J connectivity index is 2.23. The average Bonchev–Trinajstić information content (AvgIpc) is 3.01. The molecular weight excluding hydrogens is 287 g/mol. The number of halogens is 1. The Morgan fingerprint density at radius 1 is 1.24 bits per heavy atom. The van der Waals surface area contributed by atoms with Gasteiger partial charge in [0.05, 0.1) is 6.42 Å². The van der Waals surface area contributed by atoms with Crippen LogP contribution in [0.2, 0.25) is 0 Å². The summed E-state index contributed by atoms with van der Waals surface area (Å²) in [4.78, 5) is 12.8. The SMILES string of the molecule is CC1(C)OC(=O)CC1=C(c1ccc(F)cc1)c1cccs1. The van der Waals surface area contributed by atoms with Crippen molar-refractivity contribution in [3.05, 3.63) is 63.6 Å². The standard InChI is InChI=1S/C17H15FO2S/c1-17(2)13(10-15(19)20-17)16(14-4-3-9-21-14)11-5-7-12(18)8-6-11/h3-9H,10H2,1-2H3. The zero-order valence-corrected chi connectivity index (χ0v) is 12.7. The van der Waals surface area contributed by atoms with Gasteiger partial charge in [-0.1, -0.05) is 18.2 Å². The largest absolute Gasteiger partial charge is 0.455 e. The van der Waals surface area contributed by atoms with Crippen LogP contribution in [0.15, 0.2) is 47.4 Å². The molecule has 0 unspecified atom stereocenters. The van der Waals surface area contributed by atoms with E-state index in [1.807, 2.05) is 31.4 Å². The first-order valence-electron chi connectivity index (χ1n) is 6.72. The molecule has 0 spiro atoms. The van der Waals surface area contributed by atoms with E-state index in [1.54, 1.807) is 23.5 Å². The third kappa shape index (κ3) is 2.63. The molecule has 0 radical (unpaired) electrons. The topological polar surface area (TPSA) is 26.3 Å². The maximum absolute atomic E-state index is 13.2. The second-order valence-corrected chi connectivity index (χ2v) is 6.45. The van der Waals surface area contributed by atoms with Gasteiger partial charge in [-0.25, -0.2) is 4.39 Å². The van der Waals surface area contributed by atoms with Crippen LogP contribution in [0.3, 0.4) is 0 Å². The van der Waals surface area contributed by atoms with Crippen LogP contribution in [-0.2, 0) is 9.53 Å². The van der Waals surface area contributed by atoms with Crippen molar-refractivity contribution in [3.63, 3.8) is 0 Å². The van der Waals surface area contributed by atoms with Gasteiger partial charge in [0.15, 0.2) is 0 Å². The summed E-state index contributed by atoms with van der Waals surface area (Å²) in [5, 5.41) is 1.99. The van der Waals surface area contributed by atoms with Gasteiger partial charge in [-0.2, -0.15) is 0 Å². The first-order chi connectivity index (χ1) is 9.97. The Morgan fingerprint density at radius 3 is 2.48 bits per heavy atom. The molecule has 1 fully saturated rings. The molecule has 2 nitrogen and oxygen atoms in total. The Labute approximate surface area is 126 Å². The number of cyclic esters (lactones) is 1. The Hall–Kier alpha value is -1.94. The summed E-state index contributed by atoms with van der Waals surface area (Å²) >= 11 is 1.60. The number of thiophene rings is 1. The van der Waals surface area contributed by atoms with E-state index < -0.39 is 5.60 Å². The van der Waals surface area contributed by atoms with E-state index in [4.69, 9.17) is 4.74 Å². The molecule has 108 valence electrons. The highest BCUT2D eigenvalue weighted by atomic mass is 32.1. The van der Waals surface area contributed by atoms with Crippen molar-refractivity contribution >= 4 is 22.9 Å². The van der Waals surface area contributed by atoms with E-state index in [0.717, 1.165) is 21.6 Å². The van der Waals surface area contributed by atoms with Crippen LogP contribution in [0.4, 0.5) is 4.39 Å². The number of hydrogen-bond donors (Lipinski definition) is 0. The van der Waals surface area contributed by atoms with E-state index in [0.29, 0.717) is 0 Å². The third-order valence-electron chi connectivity index (χ3n) is 3.62. The molecule has 3 rings (SSSR count). The van der Waals surface area contributed by atoms with Gasteiger partial charge in [-0.3, -0.25) is 4.79 Å². The van der Waals surface area contributed by atoms with Gasteiger partial charge >= 0.3 is 5.97 Å². The molecule has 4 heteroatoms. The Morgan fingerprint density at radius 2 is 1.95 bits per heavy atom. The molecule has 0 N–H and O–H groups in total. The lowest BCUT2D eigenvalue weighted by Crippen LogP contribution is -2.21. The maximum Gasteiger partial charge on any atom is 0.310 e. The first kappa shape index (κ1) is 14.0. The fourth-order valence-electron chi connectivity index (χ4n) is 2.63. The van der Waals surface area contributed by atoms with Crippen LogP contribution in [-0.4, -0.2) is 11.6 Å². The highest BCUT2D eigenvalue weighted by Crippen LogP contribution is 2.41. The molecule has 1 aliphatic rings. The van der Waals surface area contributed by atoms with Crippen molar-refractivity contribution in [3.8, 4) is 0 Å². The minimum Gasteiger partial charge on any atom is -0.455 e. The smallest absolute Gasteiger partial charge is 0.310 e. The molecule has 0 bridgehead atoms. The molecule has 2 heterocycles. The van der Waals surface area contributed by atoms with Crippen molar-refractivity contribution in [1.82, 2.24) is 0 Å². The highest BCUT2D eigenvalue weighted by molar-refractivity contribution is 7.11. The summed E-state index contributed by atoms with van der Waals surface area (Å²) in [6.07, 6.45) is 0.275. The molecule has 0 saturated carbocycles. The number of rotatable bonds is 2. The summed E-state index contributed by atoms with van der Waals surface area (Å²) in [7, 11) is 0. The predicted molar refractivity (Wildman–Crippen MR) is 81.5 cm³/mol. The van der Waals surface area contributed by atoms with Gasteiger partial charge in [-0.05, 0) is 48.6 Å². The molecule has 1 aliphatic heterocycles. The molecule has 21 heavy (non-hydrogen) atoms. The van der Waals surface area contributed by atoms with Crippen LogP contribution in [0.25, 0.3) is 5.57 Å². The number of hydrogen-bond acceptors (Lipinski definition) is 3. The van der Waals surface area contributed by atoms with Crippen molar-refractivity contribution < 1.29 is 13.9 Å². The van der Waals surface area contributed by atoms with E-state index in [9.17, 15) is 9.18 Å². The lowest BCUT2D eigenvalue weighted by molar-refractivity contribution is -0.145. The second-order valence-electron chi connectivity index (χ2n) is 5.50. The number of benzene rings is 1. The summed E-state index contributed by atoms with van der Waals surface area (Å²) in [5.74, 6) is -0.488. The lowest BCUT2D eigenvalue weighted by atomic mass is 9.88. The predicted octanol–water partition coefficient (Wildman–Crippen LogP) is 4.41. The summed E-state index contributed by atoms with van der Waals surface area (Å²) in [5.41, 5.74) is 2.19. The minimum absolute atomic E-state index is 0.217. The maximum atomic E-state index is 13.2. The first-order valence-corrected chi connectivity index (χ1v) is 7.60. The van der Waals surface area contributed by atoms with Gasteiger partial charge in [0.1, 0.15) is 11.4 Å². The van der Waals surface area contributed by atoms with E-state index in [2.05, 4.69) is 0 Å². The van der Waals surface area contributed by atoms with E-state index in [-0.39, 0.29) is 18.2 Å². The molecule has 0 amide bonds. The van der Waals surface area contributed by atoms with Gasteiger partial charge < -0.3 is 4.74 Å². The number of carbonyl (C=O) groups is 1. The monoisotopic (exact) mass is 302 g/mol. The van der Waals surface area contributed by atoms with Crippen molar-refractivity contribution in [2.45, 2.75) is 25.9 Å². The summed E-state index contributed by atoms with van der Waals surface area (Å²) in [6.45, 7) is 3.79. The number of carbonyl (C=O) groups excluding carboxylic acids is 1. The fourth-order valence-corrected chi connectivity index (χ4v) is 3.45. The number of ether oxygens (including phenoxy) is 1. The Kier molecular flexibility index (Phi) is 3.41. The molecule has 0 aliphatic carbocycles. The van der Waals surface area contributed by atoms with Crippen LogP contribution < -0.4 is 0 Å². The lowest BCUT2D eigenvalue weighted by Gasteiger charge is -2.22. The van der Waals surface area contributed by atoms with Crippen LogP contribution in [0.1, 0.15) is 30.7 Å². The Bertz CT molecular complexity index is 697. The normalized spacial score (nSPS) is 19.5. The van der Waals surface area contributed by atoms with Crippen LogP contribution >= 0.6 is 11.3 Å². The molecule has 1 aromatic heterocycles. The summed E-state index contributed by atoms with van der Waals surface area (Å²) in [6, 6.07) is 10.3. The van der Waals surface area contributed by atoms with Gasteiger partial charge in [0.25, 0.3) is 0 Å². The third-order valence-corrected chi connectivity index (χ3v) is 4.51. The fraction of sp³-hybridized carbons (Fsp3) is 0.235. The molecule has 2 aromatic rings. The van der Waals surface area contributed by atoms with Gasteiger partial charge in [-0.15, -0.1) is 11.3 Å². The van der Waals surface area contributed by atoms with Crippen molar-refractivity contribution in [2.24, 2.45) is 0 Å². The van der Waals surface area contributed by atoms with Crippen molar-refractivity contribution in [2.75, 3.05) is 0 Å². The minimum atomic E-state index is -0.634. The van der Waals surface area contributed by atoms with Crippen LogP contribution in [0, 0.1) is 5.82 Å². The highest BCUT2D eigenvalue weighted by Gasteiger charge is 2.39. The van der Waals surface area contributed by atoms with E-state index in [1.165, 1.54) is 12.1 Å². The van der Waals surface area contributed by atoms with E-state index >= 15 is 0 Å².